The van der Waals surface area contributed by atoms with Crippen molar-refractivity contribution in [1.82, 2.24) is 0 Å². The molecule has 0 aliphatic carbocycles. The van der Waals surface area contributed by atoms with Crippen LogP contribution in [0.5, 0.6) is 0 Å². The van der Waals surface area contributed by atoms with Crippen molar-refractivity contribution in [3.8, 4) is 0 Å². The zero-order valence-electron chi connectivity index (χ0n) is 8.76. The number of alkyl halides is 4. The fraction of sp³-hybridized carbons (Fsp3) is 0.200. The molecule has 0 bridgehead atoms. The summed E-state index contributed by atoms with van der Waals surface area (Å²) in [5.41, 5.74) is 1.05. The first-order valence-corrected chi connectivity index (χ1v) is 6.36. The first-order valence-electron chi connectivity index (χ1n) is 4.62. The summed E-state index contributed by atoms with van der Waals surface area (Å²) in [6.07, 6.45) is 0. The lowest BCUT2D eigenvalue weighted by atomic mass is 10.0. The van der Waals surface area contributed by atoms with Gasteiger partial charge in [0.25, 0.3) is 0 Å². The minimum Gasteiger partial charge on any atom is -0.411 e. The molecule has 0 aromatic heterocycles. The first kappa shape index (κ1) is 15.4. The maximum absolute atomic E-state index is 8.83. The van der Waals surface area contributed by atoms with E-state index in [-0.39, 0.29) is 11.4 Å². The van der Waals surface area contributed by atoms with Crippen LogP contribution in [0.2, 0.25) is 0 Å². The van der Waals surface area contributed by atoms with Crippen molar-refractivity contribution in [2.24, 2.45) is 10.3 Å². The molecule has 0 spiro atoms. The van der Waals surface area contributed by atoms with Crippen molar-refractivity contribution >= 4 is 57.8 Å². The fourth-order valence-electron chi connectivity index (χ4n) is 1.29. The van der Waals surface area contributed by atoms with Gasteiger partial charge in [-0.25, -0.2) is 0 Å². The normalized spacial score (nSPS) is 13.4. The number of benzene rings is 1. The van der Waals surface area contributed by atoms with Gasteiger partial charge in [0, 0.05) is 11.1 Å². The van der Waals surface area contributed by atoms with E-state index >= 15 is 0 Å². The number of nitrogens with zero attached hydrogens (tertiary/aromatic N) is 2. The summed E-state index contributed by atoms with van der Waals surface area (Å²) in [5.74, 6) is 0. The number of halogens is 4. The predicted octanol–water partition coefficient (Wildman–Crippen LogP) is 3.65. The molecule has 0 saturated carbocycles. The van der Waals surface area contributed by atoms with E-state index in [1.807, 2.05) is 0 Å². The molecule has 18 heavy (non-hydrogen) atoms. The van der Waals surface area contributed by atoms with Crippen LogP contribution in [0.25, 0.3) is 0 Å². The van der Waals surface area contributed by atoms with Crippen LogP contribution in [0.15, 0.2) is 34.6 Å². The Hall–Kier alpha value is -0.680. The highest BCUT2D eigenvalue weighted by Gasteiger charge is 2.17. The second kappa shape index (κ2) is 7.04. The van der Waals surface area contributed by atoms with E-state index < -0.39 is 9.67 Å². The quantitative estimate of drug-likeness (QED) is 0.383. The van der Waals surface area contributed by atoms with Gasteiger partial charge in [-0.15, -0.1) is 0 Å². The minimum absolute atomic E-state index is 0.0677. The van der Waals surface area contributed by atoms with Crippen LogP contribution in [0.1, 0.15) is 11.1 Å². The number of hydrogen-bond acceptors (Lipinski definition) is 4. The molecule has 0 amide bonds. The van der Waals surface area contributed by atoms with Gasteiger partial charge in [-0.05, 0) is 6.07 Å². The van der Waals surface area contributed by atoms with Crippen LogP contribution < -0.4 is 0 Å². The van der Waals surface area contributed by atoms with E-state index in [2.05, 4.69) is 10.3 Å². The molecule has 0 unspecified atom stereocenters. The second-order valence-electron chi connectivity index (χ2n) is 3.15. The summed E-state index contributed by atoms with van der Waals surface area (Å²) in [4.78, 5) is -2.00. The molecule has 0 heterocycles. The van der Waals surface area contributed by atoms with Crippen molar-refractivity contribution in [3.05, 3.63) is 35.4 Å². The molecule has 98 valence electrons. The highest BCUT2D eigenvalue weighted by atomic mass is 35.5. The van der Waals surface area contributed by atoms with Gasteiger partial charge >= 0.3 is 0 Å². The van der Waals surface area contributed by atoms with Crippen LogP contribution in [-0.4, -0.2) is 31.5 Å². The van der Waals surface area contributed by atoms with Crippen molar-refractivity contribution in [2.75, 3.05) is 0 Å². The largest absolute Gasteiger partial charge is 0.411 e. The Balaban J connectivity index is 3.22. The molecule has 0 aliphatic rings. The lowest BCUT2D eigenvalue weighted by Crippen LogP contribution is -2.14. The maximum Gasteiger partial charge on any atom is 0.153 e. The van der Waals surface area contributed by atoms with Gasteiger partial charge in [0.2, 0.25) is 0 Å². The zero-order chi connectivity index (χ0) is 13.7. The summed E-state index contributed by atoms with van der Waals surface area (Å²) in [6, 6.07) is 6.43. The Labute approximate surface area is 123 Å². The number of rotatable bonds is 4. The molecular formula is C10H8Cl4N2O2. The summed E-state index contributed by atoms with van der Waals surface area (Å²) in [5, 5.41) is 23.7. The molecule has 0 saturated heterocycles. The smallest absolute Gasteiger partial charge is 0.153 e. The van der Waals surface area contributed by atoms with Crippen LogP contribution >= 0.6 is 46.4 Å². The van der Waals surface area contributed by atoms with E-state index in [0.717, 1.165) is 0 Å². The first-order chi connectivity index (χ1) is 8.51. The van der Waals surface area contributed by atoms with E-state index in [1.165, 1.54) is 0 Å². The summed E-state index contributed by atoms with van der Waals surface area (Å²) in [6.45, 7) is 0. The van der Waals surface area contributed by atoms with Gasteiger partial charge in [-0.3, -0.25) is 0 Å². The molecule has 0 radical (unpaired) electrons. The van der Waals surface area contributed by atoms with E-state index in [9.17, 15) is 0 Å². The molecule has 8 heteroatoms. The number of hydrogen-bond donors (Lipinski definition) is 2. The topological polar surface area (TPSA) is 65.2 Å². The monoisotopic (exact) mass is 328 g/mol. The van der Waals surface area contributed by atoms with Crippen molar-refractivity contribution < 1.29 is 10.4 Å². The Morgan fingerprint density at radius 2 is 1.28 bits per heavy atom. The van der Waals surface area contributed by atoms with Gasteiger partial charge in [0.1, 0.15) is 11.4 Å². The van der Waals surface area contributed by atoms with E-state index in [1.54, 1.807) is 24.3 Å². The third kappa shape index (κ3) is 3.65. The molecule has 4 nitrogen and oxygen atoms in total. The Bertz CT molecular complexity index is 435. The van der Waals surface area contributed by atoms with Crippen molar-refractivity contribution in [1.29, 1.82) is 0 Å². The average molecular weight is 330 g/mol. The highest BCUT2D eigenvalue weighted by molar-refractivity contribution is 6.57. The van der Waals surface area contributed by atoms with Crippen LogP contribution in [0.4, 0.5) is 0 Å². The molecule has 1 rings (SSSR count). The summed E-state index contributed by atoms with van der Waals surface area (Å²) >= 11 is 22.6. The SMILES string of the molecule is O/N=C(/c1cccc(/C(=N/O)C(Cl)Cl)c1)C(Cl)Cl. The minimum atomic E-state index is -0.998. The Morgan fingerprint density at radius 3 is 1.56 bits per heavy atom. The molecule has 0 atom stereocenters. The number of oxime groups is 2. The third-order valence-electron chi connectivity index (χ3n) is 2.08. The van der Waals surface area contributed by atoms with Gasteiger partial charge in [0.05, 0.1) is 0 Å². The Morgan fingerprint density at radius 1 is 0.889 bits per heavy atom. The van der Waals surface area contributed by atoms with Gasteiger partial charge < -0.3 is 10.4 Å². The lowest BCUT2D eigenvalue weighted by Gasteiger charge is -2.09. The molecule has 2 N–H and O–H groups in total. The molecular weight excluding hydrogens is 322 g/mol. The lowest BCUT2D eigenvalue weighted by molar-refractivity contribution is 0.319. The van der Waals surface area contributed by atoms with Crippen LogP contribution in [0.3, 0.4) is 0 Å². The summed E-state index contributed by atoms with van der Waals surface area (Å²) < 4.78 is 0. The molecule has 1 aromatic carbocycles. The predicted molar refractivity (Wildman–Crippen MR) is 74.1 cm³/mol. The zero-order valence-corrected chi connectivity index (χ0v) is 11.8. The van der Waals surface area contributed by atoms with Gasteiger partial charge in [-0.1, -0.05) is 74.9 Å². The van der Waals surface area contributed by atoms with Crippen LogP contribution in [-0.2, 0) is 0 Å². The third-order valence-corrected chi connectivity index (χ3v) is 2.91. The molecule has 0 aliphatic heterocycles. The second-order valence-corrected chi connectivity index (χ2v) is 5.35. The molecule has 1 aromatic rings. The van der Waals surface area contributed by atoms with Crippen molar-refractivity contribution in [3.63, 3.8) is 0 Å². The van der Waals surface area contributed by atoms with Gasteiger partial charge in [0.15, 0.2) is 9.67 Å². The average Bonchev–Trinajstić information content (AvgIpc) is 2.30. The highest BCUT2D eigenvalue weighted by Crippen LogP contribution is 2.18. The maximum atomic E-state index is 8.83. The summed E-state index contributed by atoms with van der Waals surface area (Å²) in [7, 11) is 0. The van der Waals surface area contributed by atoms with Gasteiger partial charge in [-0.2, -0.15) is 0 Å². The molecule has 0 fully saturated rings. The standard InChI is InChI=1S/C10H8Cl4N2O2/c11-9(12)7(15-17)5-2-1-3-6(4-5)8(16-18)10(13)14/h1-4,9-10,17-18H/b15-7-,16-8-. The van der Waals surface area contributed by atoms with E-state index in [0.29, 0.717) is 11.1 Å². The van der Waals surface area contributed by atoms with Crippen molar-refractivity contribution in [2.45, 2.75) is 9.67 Å². The fourth-order valence-corrected chi connectivity index (χ4v) is 1.97. The van der Waals surface area contributed by atoms with Crippen LogP contribution in [0, 0.1) is 0 Å². The van der Waals surface area contributed by atoms with E-state index in [4.69, 9.17) is 56.8 Å². The Kier molecular flexibility index (Phi) is 6.02.